The van der Waals surface area contributed by atoms with Crippen LogP contribution < -0.4 is 10.9 Å². The Morgan fingerprint density at radius 2 is 2.06 bits per heavy atom. The van der Waals surface area contributed by atoms with Crippen molar-refractivity contribution in [3.63, 3.8) is 0 Å². The van der Waals surface area contributed by atoms with Crippen LogP contribution in [0.25, 0.3) is 0 Å². The van der Waals surface area contributed by atoms with Crippen LogP contribution in [0.4, 0.5) is 0 Å². The van der Waals surface area contributed by atoms with Crippen LogP contribution in [-0.2, 0) is 11.3 Å². The summed E-state index contributed by atoms with van der Waals surface area (Å²) >= 11 is 0. The van der Waals surface area contributed by atoms with Gasteiger partial charge in [0.15, 0.2) is 0 Å². The third kappa shape index (κ3) is 4.06. The van der Waals surface area contributed by atoms with Gasteiger partial charge in [0.2, 0.25) is 5.91 Å². The van der Waals surface area contributed by atoms with E-state index in [1.54, 1.807) is 0 Å². The standard InChI is InChI=1S/C13H20N2O2/c1-8(2)5-12(16)14-7-11-9(3)6-10(4)15-13(11)17/h6,8H,5,7H2,1-4H3,(H,14,16)(H,15,17). The average Bonchev–Trinajstić information content (AvgIpc) is 2.14. The molecule has 4 heteroatoms. The van der Waals surface area contributed by atoms with Gasteiger partial charge in [0.1, 0.15) is 0 Å². The van der Waals surface area contributed by atoms with Crippen molar-refractivity contribution in [2.75, 3.05) is 0 Å². The van der Waals surface area contributed by atoms with Crippen molar-refractivity contribution in [2.45, 2.75) is 40.7 Å². The molecule has 2 N–H and O–H groups in total. The number of aromatic nitrogens is 1. The molecule has 4 nitrogen and oxygen atoms in total. The highest BCUT2D eigenvalue weighted by atomic mass is 16.1. The first-order valence-electron chi connectivity index (χ1n) is 5.86. The largest absolute Gasteiger partial charge is 0.352 e. The molecule has 1 rings (SSSR count). The lowest BCUT2D eigenvalue weighted by molar-refractivity contribution is -0.121. The molecule has 0 radical (unpaired) electrons. The van der Waals surface area contributed by atoms with Crippen LogP contribution in [0.1, 0.15) is 37.1 Å². The summed E-state index contributed by atoms with van der Waals surface area (Å²) in [6, 6.07) is 1.91. The number of pyridine rings is 1. The van der Waals surface area contributed by atoms with Gasteiger partial charge in [-0.2, -0.15) is 0 Å². The Morgan fingerprint density at radius 3 is 2.59 bits per heavy atom. The second kappa shape index (κ2) is 5.66. The Balaban J connectivity index is 2.70. The normalized spacial score (nSPS) is 10.6. The maximum Gasteiger partial charge on any atom is 0.253 e. The lowest BCUT2D eigenvalue weighted by Crippen LogP contribution is -2.28. The molecule has 0 aliphatic heterocycles. The Kier molecular flexibility index (Phi) is 4.49. The predicted molar refractivity (Wildman–Crippen MR) is 67.8 cm³/mol. The Bertz CT molecular complexity index is 461. The third-order valence-electron chi connectivity index (χ3n) is 2.55. The molecule has 0 aliphatic carbocycles. The van der Waals surface area contributed by atoms with E-state index in [9.17, 15) is 9.59 Å². The average molecular weight is 236 g/mol. The van der Waals surface area contributed by atoms with Gasteiger partial charge < -0.3 is 10.3 Å². The second-order valence-corrected chi connectivity index (χ2v) is 4.82. The number of carbonyl (C=O) groups excluding carboxylic acids is 1. The summed E-state index contributed by atoms with van der Waals surface area (Å²) in [5, 5.41) is 2.77. The third-order valence-corrected chi connectivity index (χ3v) is 2.55. The first-order chi connectivity index (χ1) is 7.90. The van der Waals surface area contributed by atoms with Crippen molar-refractivity contribution >= 4 is 5.91 Å². The summed E-state index contributed by atoms with van der Waals surface area (Å²) in [6.45, 7) is 8.00. The van der Waals surface area contributed by atoms with E-state index >= 15 is 0 Å². The zero-order valence-electron chi connectivity index (χ0n) is 10.9. The van der Waals surface area contributed by atoms with E-state index in [0.717, 1.165) is 11.3 Å². The summed E-state index contributed by atoms with van der Waals surface area (Å²) < 4.78 is 0. The molecular weight excluding hydrogens is 216 g/mol. The molecule has 0 bridgehead atoms. The van der Waals surface area contributed by atoms with E-state index < -0.39 is 0 Å². The van der Waals surface area contributed by atoms with E-state index in [4.69, 9.17) is 0 Å². The quantitative estimate of drug-likeness (QED) is 0.835. The van der Waals surface area contributed by atoms with Crippen LogP contribution >= 0.6 is 0 Å². The second-order valence-electron chi connectivity index (χ2n) is 4.82. The molecule has 0 unspecified atom stereocenters. The van der Waals surface area contributed by atoms with Gasteiger partial charge >= 0.3 is 0 Å². The van der Waals surface area contributed by atoms with Gasteiger partial charge in [0.05, 0.1) is 0 Å². The number of hydrogen-bond donors (Lipinski definition) is 2. The van der Waals surface area contributed by atoms with Crippen LogP contribution in [0.15, 0.2) is 10.9 Å². The molecule has 1 aromatic heterocycles. The summed E-state index contributed by atoms with van der Waals surface area (Å²) in [7, 11) is 0. The van der Waals surface area contributed by atoms with Crippen molar-refractivity contribution in [3.8, 4) is 0 Å². The number of amides is 1. The zero-order chi connectivity index (χ0) is 13.0. The molecule has 94 valence electrons. The zero-order valence-corrected chi connectivity index (χ0v) is 10.9. The van der Waals surface area contributed by atoms with Crippen LogP contribution in [0.3, 0.4) is 0 Å². The molecule has 0 saturated heterocycles. The minimum absolute atomic E-state index is 0.0145. The van der Waals surface area contributed by atoms with E-state index in [-0.39, 0.29) is 11.5 Å². The van der Waals surface area contributed by atoms with Gasteiger partial charge in [-0.1, -0.05) is 13.8 Å². The van der Waals surface area contributed by atoms with E-state index in [0.29, 0.717) is 24.4 Å². The number of nitrogens with one attached hydrogen (secondary N) is 2. The predicted octanol–water partition coefficient (Wildman–Crippen LogP) is 1.65. The van der Waals surface area contributed by atoms with Crippen molar-refractivity contribution in [1.82, 2.24) is 10.3 Å². The highest BCUT2D eigenvalue weighted by molar-refractivity contribution is 5.76. The van der Waals surface area contributed by atoms with E-state index in [1.165, 1.54) is 0 Å². The first kappa shape index (κ1) is 13.5. The monoisotopic (exact) mass is 236 g/mol. The minimum Gasteiger partial charge on any atom is -0.352 e. The molecule has 0 aliphatic rings. The van der Waals surface area contributed by atoms with Crippen molar-refractivity contribution < 1.29 is 4.79 Å². The Hall–Kier alpha value is -1.58. The molecule has 0 spiro atoms. The number of hydrogen-bond acceptors (Lipinski definition) is 2. The molecule has 1 aromatic rings. The lowest BCUT2D eigenvalue weighted by Gasteiger charge is -2.09. The molecule has 1 heterocycles. The number of rotatable bonds is 4. The van der Waals surface area contributed by atoms with Crippen molar-refractivity contribution in [1.29, 1.82) is 0 Å². The lowest BCUT2D eigenvalue weighted by atomic mass is 10.1. The van der Waals surface area contributed by atoms with Gasteiger partial charge in [0, 0.05) is 24.2 Å². The van der Waals surface area contributed by atoms with Gasteiger partial charge in [-0.15, -0.1) is 0 Å². The highest BCUT2D eigenvalue weighted by Gasteiger charge is 2.08. The minimum atomic E-state index is -0.118. The molecule has 0 saturated carbocycles. The molecule has 1 amide bonds. The molecule has 0 aromatic carbocycles. The molecule has 0 atom stereocenters. The molecule has 0 fully saturated rings. The van der Waals surface area contributed by atoms with E-state index in [2.05, 4.69) is 10.3 Å². The van der Waals surface area contributed by atoms with Crippen LogP contribution in [0.2, 0.25) is 0 Å². The van der Waals surface area contributed by atoms with Crippen LogP contribution in [0, 0.1) is 19.8 Å². The Morgan fingerprint density at radius 1 is 1.41 bits per heavy atom. The maximum atomic E-state index is 11.7. The first-order valence-corrected chi connectivity index (χ1v) is 5.86. The fourth-order valence-electron chi connectivity index (χ4n) is 1.73. The van der Waals surface area contributed by atoms with Crippen molar-refractivity contribution in [3.05, 3.63) is 33.2 Å². The summed E-state index contributed by atoms with van der Waals surface area (Å²) in [4.78, 5) is 25.9. The fraction of sp³-hybridized carbons (Fsp3) is 0.538. The number of aromatic amines is 1. The van der Waals surface area contributed by atoms with Gasteiger partial charge in [-0.3, -0.25) is 9.59 Å². The van der Waals surface area contributed by atoms with Crippen LogP contribution in [0.5, 0.6) is 0 Å². The SMILES string of the molecule is Cc1cc(C)c(CNC(=O)CC(C)C)c(=O)[nH]1. The summed E-state index contributed by atoms with van der Waals surface area (Å²) in [6.07, 6.45) is 0.489. The summed E-state index contributed by atoms with van der Waals surface area (Å²) in [5.41, 5.74) is 2.26. The number of aryl methyl sites for hydroxylation is 2. The topological polar surface area (TPSA) is 62.0 Å². The van der Waals surface area contributed by atoms with Gasteiger partial charge in [0.25, 0.3) is 5.56 Å². The summed E-state index contributed by atoms with van der Waals surface area (Å²) in [5.74, 6) is 0.312. The fourth-order valence-corrected chi connectivity index (χ4v) is 1.73. The maximum absolute atomic E-state index is 11.7. The van der Waals surface area contributed by atoms with E-state index in [1.807, 2.05) is 33.8 Å². The molecular formula is C13H20N2O2. The van der Waals surface area contributed by atoms with Crippen LogP contribution in [-0.4, -0.2) is 10.9 Å². The number of carbonyl (C=O) groups is 1. The van der Waals surface area contributed by atoms with Gasteiger partial charge in [-0.25, -0.2) is 0 Å². The smallest absolute Gasteiger partial charge is 0.253 e. The van der Waals surface area contributed by atoms with Crippen molar-refractivity contribution in [2.24, 2.45) is 5.92 Å². The number of H-pyrrole nitrogens is 1. The molecule has 17 heavy (non-hydrogen) atoms. The highest BCUT2D eigenvalue weighted by Crippen LogP contribution is 2.04. The van der Waals surface area contributed by atoms with Gasteiger partial charge in [-0.05, 0) is 31.4 Å². The Labute approximate surface area is 101 Å².